The van der Waals surface area contributed by atoms with Crippen molar-refractivity contribution < 1.29 is 27.8 Å². The highest BCUT2D eigenvalue weighted by Gasteiger charge is 2.55. The number of rotatable bonds is 4. The van der Waals surface area contributed by atoms with Crippen molar-refractivity contribution in [1.29, 1.82) is 0 Å². The average molecular weight is 426 g/mol. The first-order chi connectivity index (χ1) is 14.2. The Kier molecular flexibility index (Phi) is 5.85. The third-order valence-corrected chi connectivity index (χ3v) is 7.06. The van der Waals surface area contributed by atoms with Crippen LogP contribution in [0.15, 0.2) is 30.3 Å². The van der Waals surface area contributed by atoms with Crippen LogP contribution in [0.3, 0.4) is 0 Å². The highest BCUT2D eigenvalue weighted by Crippen LogP contribution is 2.42. The number of nitrogens with zero attached hydrogens (tertiary/aromatic N) is 1. The summed E-state index contributed by atoms with van der Waals surface area (Å²) in [5, 5.41) is 12.8. The van der Waals surface area contributed by atoms with Gasteiger partial charge < -0.3 is 15.2 Å². The Morgan fingerprint density at radius 3 is 2.40 bits per heavy atom. The zero-order valence-electron chi connectivity index (χ0n) is 17.0. The number of halogens is 3. The average Bonchev–Trinajstić information content (AvgIpc) is 2.69. The minimum Gasteiger partial charge on any atom is -0.380 e. The maximum atomic E-state index is 13.0. The van der Waals surface area contributed by atoms with E-state index in [1.165, 1.54) is 5.56 Å². The molecule has 1 aromatic carbocycles. The fraction of sp³-hybridized carbons (Fsp3) is 0.682. The molecule has 1 atom stereocenters. The van der Waals surface area contributed by atoms with E-state index in [9.17, 15) is 23.1 Å². The smallest absolute Gasteiger partial charge is 0.380 e. The van der Waals surface area contributed by atoms with Gasteiger partial charge in [-0.25, -0.2) is 0 Å². The lowest BCUT2D eigenvalue weighted by molar-refractivity contribution is -0.270. The first-order valence-electron chi connectivity index (χ1n) is 10.7. The van der Waals surface area contributed by atoms with Crippen LogP contribution >= 0.6 is 0 Å². The zero-order valence-corrected chi connectivity index (χ0v) is 17.0. The molecule has 1 aliphatic carbocycles. The SMILES string of the molecule is O=C(NC1CCC(O)(C(F)(F)F)CC1)C1CCN(Cc2ccccc2)C2(COC2)C1. The predicted octanol–water partition coefficient (Wildman–Crippen LogP) is 3.02. The molecule has 1 unspecified atom stereocenters. The van der Waals surface area contributed by atoms with Crippen LogP contribution in [0.5, 0.6) is 0 Å². The number of benzene rings is 1. The largest absolute Gasteiger partial charge is 0.417 e. The number of nitrogens with one attached hydrogen (secondary N) is 1. The summed E-state index contributed by atoms with van der Waals surface area (Å²) in [6.07, 6.45) is -3.65. The van der Waals surface area contributed by atoms with E-state index in [4.69, 9.17) is 4.74 Å². The van der Waals surface area contributed by atoms with E-state index < -0.39 is 11.8 Å². The summed E-state index contributed by atoms with van der Waals surface area (Å²) in [7, 11) is 0. The molecule has 2 saturated heterocycles. The number of alkyl halides is 3. The van der Waals surface area contributed by atoms with Crippen LogP contribution in [0.25, 0.3) is 0 Å². The van der Waals surface area contributed by atoms with Crippen LogP contribution in [-0.2, 0) is 16.1 Å². The number of amides is 1. The zero-order chi connectivity index (χ0) is 21.4. The fourth-order valence-corrected chi connectivity index (χ4v) is 4.99. The second-order valence-corrected chi connectivity index (χ2v) is 9.13. The molecule has 1 aromatic rings. The Morgan fingerprint density at radius 2 is 1.83 bits per heavy atom. The van der Waals surface area contributed by atoms with Gasteiger partial charge in [0.2, 0.25) is 5.91 Å². The summed E-state index contributed by atoms with van der Waals surface area (Å²) < 4.78 is 44.4. The second kappa shape index (κ2) is 8.13. The van der Waals surface area contributed by atoms with E-state index in [-0.39, 0.29) is 49.1 Å². The number of hydrogen-bond acceptors (Lipinski definition) is 4. The highest BCUT2D eigenvalue weighted by molar-refractivity contribution is 5.79. The normalized spacial score (nSPS) is 31.9. The Balaban J connectivity index is 1.32. The number of ether oxygens (including phenoxy) is 1. The topological polar surface area (TPSA) is 61.8 Å². The molecule has 3 aliphatic rings. The minimum absolute atomic E-state index is 0.0805. The van der Waals surface area contributed by atoms with E-state index in [0.29, 0.717) is 19.6 Å². The number of likely N-dealkylation sites (tertiary alicyclic amines) is 1. The number of aliphatic hydroxyl groups is 1. The van der Waals surface area contributed by atoms with Gasteiger partial charge in [0, 0.05) is 18.5 Å². The molecule has 1 spiro atoms. The fourth-order valence-electron chi connectivity index (χ4n) is 4.99. The lowest BCUT2D eigenvalue weighted by Crippen LogP contribution is -2.66. The van der Waals surface area contributed by atoms with Crippen molar-refractivity contribution >= 4 is 5.91 Å². The van der Waals surface area contributed by atoms with Gasteiger partial charge in [0.1, 0.15) is 0 Å². The van der Waals surface area contributed by atoms with Crippen molar-refractivity contribution in [3.8, 4) is 0 Å². The van der Waals surface area contributed by atoms with Gasteiger partial charge in [0.25, 0.3) is 0 Å². The second-order valence-electron chi connectivity index (χ2n) is 9.13. The molecule has 2 aliphatic heterocycles. The highest BCUT2D eigenvalue weighted by atomic mass is 19.4. The van der Waals surface area contributed by atoms with Gasteiger partial charge in [-0.2, -0.15) is 13.2 Å². The number of hydrogen-bond donors (Lipinski definition) is 2. The van der Waals surface area contributed by atoms with Crippen molar-refractivity contribution in [3.05, 3.63) is 35.9 Å². The maximum Gasteiger partial charge on any atom is 0.417 e. The molecule has 0 bridgehead atoms. The summed E-state index contributed by atoms with van der Waals surface area (Å²) in [6.45, 7) is 2.81. The van der Waals surface area contributed by atoms with Crippen LogP contribution in [0.2, 0.25) is 0 Å². The van der Waals surface area contributed by atoms with Crippen molar-refractivity contribution in [2.24, 2.45) is 5.92 Å². The lowest BCUT2D eigenvalue weighted by Gasteiger charge is -2.54. The standard InChI is InChI=1S/C22H29F3N2O3/c23-22(24,25)21(29)9-6-18(7-10-21)26-19(28)17-8-11-27(20(12-17)14-30-15-20)13-16-4-2-1-3-5-16/h1-5,17-18,29H,6-15H2,(H,26,28). The molecule has 1 saturated carbocycles. The third-order valence-electron chi connectivity index (χ3n) is 7.06. The van der Waals surface area contributed by atoms with Crippen LogP contribution in [0.1, 0.15) is 44.1 Å². The van der Waals surface area contributed by atoms with E-state index in [0.717, 1.165) is 19.5 Å². The van der Waals surface area contributed by atoms with Gasteiger partial charge in [0.15, 0.2) is 5.60 Å². The lowest BCUT2D eigenvalue weighted by atomic mass is 9.77. The Morgan fingerprint density at radius 1 is 1.17 bits per heavy atom. The molecular formula is C22H29F3N2O3. The van der Waals surface area contributed by atoms with Crippen molar-refractivity contribution in [1.82, 2.24) is 10.2 Å². The van der Waals surface area contributed by atoms with E-state index in [2.05, 4.69) is 22.3 Å². The summed E-state index contributed by atoms with van der Waals surface area (Å²) >= 11 is 0. The molecule has 0 aromatic heterocycles. The maximum absolute atomic E-state index is 13.0. The first kappa shape index (κ1) is 21.6. The Bertz CT molecular complexity index is 744. The molecule has 3 fully saturated rings. The molecule has 2 heterocycles. The predicted molar refractivity (Wildman–Crippen MR) is 105 cm³/mol. The van der Waals surface area contributed by atoms with Gasteiger partial charge >= 0.3 is 6.18 Å². The van der Waals surface area contributed by atoms with E-state index in [1.54, 1.807) is 0 Å². The van der Waals surface area contributed by atoms with Gasteiger partial charge in [-0.15, -0.1) is 0 Å². The Labute approximate surface area is 174 Å². The van der Waals surface area contributed by atoms with Crippen LogP contribution in [-0.4, -0.2) is 59.0 Å². The van der Waals surface area contributed by atoms with Gasteiger partial charge in [0.05, 0.1) is 18.8 Å². The first-order valence-corrected chi connectivity index (χ1v) is 10.7. The quantitative estimate of drug-likeness (QED) is 0.777. The van der Waals surface area contributed by atoms with Crippen molar-refractivity contribution in [2.75, 3.05) is 19.8 Å². The van der Waals surface area contributed by atoms with E-state index >= 15 is 0 Å². The molecular weight excluding hydrogens is 397 g/mol. The molecule has 1 amide bonds. The summed E-state index contributed by atoms with van der Waals surface area (Å²) in [5.41, 5.74) is -1.53. The number of carbonyl (C=O) groups is 1. The molecule has 0 radical (unpaired) electrons. The van der Waals surface area contributed by atoms with Crippen LogP contribution < -0.4 is 5.32 Å². The van der Waals surface area contributed by atoms with Gasteiger partial charge in [-0.3, -0.25) is 9.69 Å². The molecule has 30 heavy (non-hydrogen) atoms. The van der Waals surface area contributed by atoms with Gasteiger partial charge in [-0.1, -0.05) is 30.3 Å². The number of carbonyl (C=O) groups excluding carboxylic acids is 1. The molecule has 166 valence electrons. The van der Waals surface area contributed by atoms with Crippen molar-refractivity contribution in [3.63, 3.8) is 0 Å². The molecule has 2 N–H and O–H groups in total. The molecule has 5 nitrogen and oxygen atoms in total. The molecule has 4 rings (SSSR count). The van der Waals surface area contributed by atoms with Gasteiger partial charge in [-0.05, 0) is 50.6 Å². The number of piperidine rings is 1. The Hall–Kier alpha value is -1.64. The third kappa shape index (κ3) is 4.22. The van der Waals surface area contributed by atoms with Crippen LogP contribution in [0.4, 0.5) is 13.2 Å². The monoisotopic (exact) mass is 426 g/mol. The minimum atomic E-state index is -4.62. The summed E-state index contributed by atoms with van der Waals surface area (Å²) in [4.78, 5) is 15.3. The van der Waals surface area contributed by atoms with Crippen molar-refractivity contribution in [2.45, 2.75) is 68.4 Å². The summed E-state index contributed by atoms with van der Waals surface area (Å²) in [5.74, 6) is -0.243. The molecule has 8 heteroatoms. The van der Waals surface area contributed by atoms with E-state index in [1.807, 2.05) is 18.2 Å². The van der Waals surface area contributed by atoms with Crippen LogP contribution in [0, 0.1) is 5.92 Å². The summed E-state index contributed by atoms with van der Waals surface area (Å²) in [6, 6.07) is 9.90.